The lowest BCUT2D eigenvalue weighted by molar-refractivity contribution is 0.0689. The molecule has 2 aliphatic heterocycles. The monoisotopic (exact) mass is 694 g/mol. The third-order valence-electron chi connectivity index (χ3n) is 11.1. The van der Waals surface area contributed by atoms with Crippen LogP contribution in [-0.2, 0) is 0 Å². The third kappa shape index (κ3) is 7.93. The van der Waals surface area contributed by atoms with Crippen molar-refractivity contribution in [1.82, 2.24) is 39.3 Å². The fourth-order valence-corrected chi connectivity index (χ4v) is 8.89. The first-order valence-electron chi connectivity index (χ1n) is 17.7. The molecule has 4 fully saturated rings. The van der Waals surface area contributed by atoms with Crippen LogP contribution in [0.4, 0.5) is 17.6 Å². The topological polar surface area (TPSA) is 120 Å². The van der Waals surface area contributed by atoms with Gasteiger partial charge in [0.2, 0.25) is 0 Å². The minimum Gasteiger partial charge on any atom is -0.326 e. The summed E-state index contributed by atoms with van der Waals surface area (Å²) in [6.45, 7) is 2.23. The summed E-state index contributed by atoms with van der Waals surface area (Å²) in [7, 11) is 0. The summed E-state index contributed by atoms with van der Waals surface area (Å²) in [6, 6.07) is 13.7. The van der Waals surface area contributed by atoms with Crippen LogP contribution in [0.3, 0.4) is 0 Å². The Morgan fingerprint density at radius 2 is 0.900 bits per heavy atom. The first-order chi connectivity index (χ1) is 24.2. The molecule has 10 nitrogen and oxygen atoms in total. The smallest absolute Gasteiger partial charge is 0.137 e. The van der Waals surface area contributed by atoms with E-state index in [2.05, 4.69) is 30.0 Å². The quantitative estimate of drug-likeness (QED) is 0.283. The van der Waals surface area contributed by atoms with Crippen molar-refractivity contribution in [2.24, 2.45) is 11.5 Å². The molecule has 6 unspecified atom stereocenters. The van der Waals surface area contributed by atoms with Crippen LogP contribution in [0.5, 0.6) is 0 Å². The average Bonchev–Trinajstić information content (AvgIpc) is 3.92. The van der Waals surface area contributed by atoms with Crippen molar-refractivity contribution < 1.29 is 17.6 Å². The molecular formula is C36H46F4N10. The first kappa shape index (κ1) is 34.7. The summed E-state index contributed by atoms with van der Waals surface area (Å²) in [5.74, 6) is 0.119. The van der Waals surface area contributed by atoms with Gasteiger partial charge in [-0.05, 0) is 85.8 Å². The predicted octanol–water partition coefficient (Wildman–Crippen LogP) is 4.55. The summed E-state index contributed by atoms with van der Waals surface area (Å²) in [6.07, 6.45) is 9.12. The Hall–Kier alpha value is -3.72. The summed E-state index contributed by atoms with van der Waals surface area (Å²) in [5, 5.41) is 8.63. The molecule has 2 aromatic carbocycles. The Morgan fingerprint density at radius 3 is 1.24 bits per heavy atom. The van der Waals surface area contributed by atoms with Crippen molar-refractivity contribution in [2.45, 2.75) is 99.0 Å². The van der Waals surface area contributed by atoms with Gasteiger partial charge in [0.25, 0.3) is 0 Å². The maximum atomic E-state index is 14.1. The number of nitrogens with zero attached hydrogens (tertiary/aromatic N) is 8. The molecule has 4 aliphatic rings. The van der Waals surface area contributed by atoms with Crippen LogP contribution >= 0.6 is 0 Å². The Kier molecular flexibility index (Phi) is 10.6. The molecule has 0 spiro atoms. The van der Waals surface area contributed by atoms with Crippen molar-refractivity contribution in [3.63, 3.8) is 0 Å². The maximum Gasteiger partial charge on any atom is 0.137 e. The number of nitrogens with two attached hydrogens (primary N) is 2. The highest BCUT2D eigenvalue weighted by Crippen LogP contribution is 2.45. The predicted molar refractivity (Wildman–Crippen MR) is 181 cm³/mol. The molecule has 2 saturated heterocycles. The van der Waals surface area contributed by atoms with Gasteiger partial charge in [-0.1, -0.05) is 24.3 Å². The van der Waals surface area contributed by atoms with Crippen LogP contribution in [0, 0.1) is 11.6 Å². The number of hydrogen-bond donors (Lipinski definition) is 2. The average molecular weight is 695 g/mol. The zero-order valence-electron chi connectivity index (χ0n) is 28.0. The molecule has 2 aliphatic carbocycles. The van der Waals surface area contributed by atoms with Crippen molar-refractivity contribution in [1.29, 1.82) is 0 Å². The van der Waals surface area contributed by atoms with Gasteiger partial charge in [0.05, 0.1) is 12.1 Å². The number of likely N-dealkylation sites (tertiary alicyclic amines) is 2. The van der Waals surface area contributed by atoms with E-state index in [0.29, 0.717) is 39.0 Å². The molecule has 268 valence electrons. The largest absolute Gasteiger partial charge is 0.326 e. The normalized spacial score (nSPS) is 33.6. The molecule has 4 heterocycles. The maximum absolute atomic E-state index is 14.1. The molecule has 4 N–H and O–H groups in total. The Balaban J connectivity index is 0.000000157. The second kappa shape index (κ2) is 15.3. The van der Waals surface area contributed by atoms with Gasteiger partial charge in [-0.2, -0.15) is 10.2 Å². The van der Waals surface area contributed by atoms with E-state index in [-0.39, 0.29) is 59.7 Å². The SMILES string of the molecule is NC1CC(F)CN([C@@H]2C[C@H](c3ccc(F)cc3)CC2n2cncn2)C1.NC1CC(F)CN([C@H]2C[C@@H](c3ccc(F)cc3)CC2n2cncn2)C1. The number of aromatic nitrogens is 6. The molecule has 10 atom stereocenters. The minimum atomic E-state index is -0.884. The zero-order chi connectivity index (χ0) is 34.8. The molecular weight excluding hydrogens is 648 g/mol. The van der Waals surface area contributed by atoms with Gasteiger partial charge >= 0.3 is 0 Å². The molecule has 0 radical (unpaired) electrons. The zero-order valence-corrected chi connectivity index (χ0v) is 28.0. The number of piperidine rings is 2. The highest BCUT2D eigenvalue weighted by Gasteiger charge is 2.44. The van der Waals surface area contributed by atoms with E-state index in [0.717, 1.165) is 36.8 Å². The molecule has 4 aromatic rings. The van der Waals surface area contributed by atoms with E-state index in [9.17, 15) is 17.6 Å². The summed E-state index contributed by atoms with van der Waals surface area (Å²) < 4.78 is 58.4. The molecule has 0 amide bonds. The van der Waals surface area contributed by atoms with E-state index in [1.165, 1.54) is 36.9 Å². The summed E-state index contributed by atoms with van der Waals surface area (Å²) >= 11 is 0. The molecule has 2 aromatic heterocycles. The summed E-state index contributed by atoms with van der Waals surface area (Å²) in [5.41, 5.74) is 14.3. The van der Waals surface area contributed by atoms with Gasteiger partial charge in [-0.3, -0.25) is 9.80 Å². The van der Waals surface area contributed by atoms with Crippen molar-refractivity contribution >= 4 is 0 Å². The van der Waals surface area contributed by atoms with Crippen molar-refractivity contribution in [2.75, 3.05) is 26.2 Å². The second-order valence-corrected chi connectivity index (χ2v) is 14.6. The Bertz CT molecular complexity index is 1480. The van der Waals surface area contributed by atoms with Gasteiger partial charge < -0.3 is 11.5 Å². The number of halogens is 4. The Morgan fingerprint density at radius 1 is 0.520 bits per heavy atom. The molecule has 8 rings (SSSR count). The van der Waals surface area contributed by atoms with Gasteiger partial charge in [0.15, 0.2) is 0 Å². The first-order valence-corrected chi connectivity index (χ1v) is 17.7. The Labute approximate surface area is 289 Å². The lowest BCUT2D eigenvalue weighted by atomic mass is 9.96. The highest BCUT2D eigenvalue weighted by atomic mass is 19.1. The lowest BCUT2D eigenvalue weighted by Crippen LogP contribution is -2.53. The fourth-order valence-electron chi connectivity index (χ4n) is 8.89. The highest BCUT2D eigenvalue weighted by molar-refractivity contribution is 5.24. The van der Waals surface area contributed by atoms with E-state index in [1.807, 2.05) is 33.6 Å². The van der Waals surface area contributed by atoms with E-state index in [4.69, 9.17) is 11.5 Å². The van der Waals surface area contributed by atoms with Crippen molar-refractivity contribution in [3.8, 4) is 0 Å². The number of alkyl halides is 2. The van der Waals surface area contributed by atoms with Crippen LogP contribution < -0.4 is 11.5 Å². The van der Waals surface area contributed by atoms with Crippen LogP contribution in [0.15, 0.2) is 73.8 Å². The molecule has 50 heavy (non-hydrogen) atoms. The molecule has 14 heteroatoms. The number of rotatable bonds is 6. The van der Waals surface area contributed by atoms with Gasteiger partial charge in [0.1, 0.15) is 49.3 Å². The van der Waals surface area contributed by atoms with E-state index >= 15 is 0 Å². The number of hydrogen-bond acceptors (Lipinski definition) is 8. The standard InChI is InChI=1S/2C18H23F2N5/c2*19-14-3-1-12(2-4-14)13-5-17(18(6-13)25-11-22-10-23-25)24-8-15(20)7-16(21)9-24/h2*1-4,10-11,13,15-18H,5-9,21H2/t2*13-,15?,16?,17+,18?/m10/s1. The number of benzene rings is 2. The molecule has 0 bridgehead atoms. The minimum absolute atomic E-state index is 0.120. The van der Waals surface area contributed by atoms with Crippen molar-refractivity contribution in [3.05, 3.63) is 96.6 Å². The summed E-state index contributed by atoms with van der Waals surface area (Å²) in [4.78, 5) is 12.5. The third-order valence-corrected chi connectivity index (χ3v) is 11.1. The lowest BCUT2D eigenvalue weighted by Gasteiger charge is -2.39. The van der Waals surface area contributed by atoms with Crippen LogP contribution in [-0.4, -0.2) is 102 Å². The van der Waals surface area contributed by atoms with Crippen LogP contribution in [0.1, 0.15) is 73.6 Å². The second-order valence-electron chi connectivity index (χ2n) is 14.6. The van der Waals surface area contributed by atoms with Crippen LogP contribution in [0.2, 0.25) is 0 Å². The van der Waals surface area contributed by atoms with E-state index in [1.54, 1.807) is 12.7 Å². The molecule has 2 saturated carbocycles. The van der Waals surface area contributed by atoms with Gasteiger partial charge in [0, 0.05) is 50.3 Å². The van der Waals surface area contributed by atoms with Gasteiger partial charge in [-0.25, -0.2) is 36.9 Å². The fraction of sp³-hybridized carbons (Fsp3) is 0.556. The van der Waals surface area contributed by atoms with Crippen LogP contribution in [0.25, 0.3) is 0 Å². The van der Waals surface area contributed by atoms with Gasteiger partial charge in [-0.15, -0.1) is 0 Å². The van der Waals surface area contributed by atoms with E-state index < -0.39 is 12.3 Å².